The Morgan fingerprint density at radius 2 is 2.04 bits per heavy atom. The molecule has 5 nitrogen and oxygen atoms in total. The number of hydrogen-bond acceptors (Lipinski definition) is 3. The summed E-state index contributed by atoms with van der Waals surface area (Å²) in [6.07, 6.45) is 9.32. The molecule has 2 rings (SSSR count). The van der Waals surface area contributed by atoms with Crippen LogP contribution in [0, 0.1) is 5.92 Å². The van der Waals surface area contributed by atoms with Gasteiger partial charge in [-0.3, -0.25) is 9.89 Å². The summed E-state index contributed by atoms with van der Waals surface area (Å²) in [7, 11) is 0. The maximum absolute atomic E-state index is 6.03. The largest absolute Gasteiger partial charge is 0.378 e. The van der Waals surface area contributed by atoms with Gasteiger partial charge in [0.1, 0.15) is 0 Å². The Kier molecular flexibility index (Phi) is 8.17. The fourth-order valence-corrected chi connectivity index (χ4v) is 4.12. The molecule has 5 heteroatoms. The summed E-state index contributed by atoms with van der Waals surface area (Å²) in [6, 6.07) is 0.579. The Labute approximate surface area is 142 Å². The van der Waals surface area contributed by atoms with Crippen LogP contribution >= 0.6 is 0 Å². The van der Waals surface area contributed by atoms with Crippen molar-refractivity contribution in [1.29, 1.82) is 0 Å². The van der Waals surface area contributed by atoms with Crippen LogP contribution in [-0.4, -0.2) is 55.8 Å². The van der Waals surface area contributed by atoms with Crippen molar-refractivity contribution in [2.75, 3.05) is 32.8 Å². The molecule has 0 bridgehead atoms. The van der Waals surface area contributed by atoms with E-state index in [2.05, 4.69) is 29.1 Å². The van der Waals surface area contributed by atoms with Crippen LogP contribution in [0.2, 0.25) is 0 Å². The van der Waals surface area contributed by atoms with E-state index in [1.807, 2.05) is 0 Å². The van der Waals surface area contributed by atoms with Gasteiger partial charge in [-0.15, -0.1) is 0 Å². The van der Waals surface area contributed by atoms with Crippen molar-refractivity contribution in [3.8, 4) is 0 Å². The first kappa shape index (κ1) is 18.5. The van der Waals surface area contributed by atoms with E-state index in [0.717, 1.165) is 38.6 Å². The third-order valence-electron chi connectivity index (χ3n) is 5.42. The van der Waals surface area contributed by atoms with Crippen molar-refractivity contribution >= 4 is 5.96 Å². The first-order valence-corrected chi connectivity index (χ1v) is 9.64. The van der Waals surface area contributed by atoms with Crippen LogP contribution in [0.3, 0.4) is 0 Å². The maximum atomic E-state index is 6.03. The molecular formula is C18H36N4O. The first-order valence-electron chi connectivity index (χ1n) is 9.64. The van der Waals surface area contributed by atoms with Crippen molar-refractivity contribution in [2.45, 2.75) is 70.9 Å². The van der Waals surface area contributed by atoms with Gasteiger partial charge < -0.3 is 15.8 Å². The standard InChI is InChI=1S/C18H36N4O/c1-3-22-13-7-10-16(22)14-21-18(19)20-12-11-17(23-4-2)15-8-5-6-9-15/h15-17H,3-14H2,1-2H3,(H3,19,20,21). The number of guanidine groups is 1. The Morgan fingerprint density at radius 3 is 2.74 bits per heavy atom. The molecule has 0 radical (unpaired) electrons. The topological polar surface area (TPSA) is 62.9 Å². The predicted molar refractivity (Wildman–Crippen MR) is 96.8 cm³/mol. The minimum Gasteiger partial charge on any atom is -0.378 e. The van der Waals surface area contributed by atoms with Gasteiger partial charge in [-0.25, -0.2) is 0 Å². The van der Waals surface area contributed by atoms with Crippen molar-refractivity contribution in [1.82, 2.24) is 10.2 Å². The third kappa shape index (κ3) is 5.96. The zero-order valence-electron chi connectivity index (χ0n) is 15.1. The van der Waals surface area contributed by atoms with Crippen LogP contribution in [0.5, 0.6) is 0 Å². The van der Waals surface area contributed by atoms with Gasteiger partial charge in [0, 0.05) is 19.2 Å². The number of likely N-dealkylation sites (tertiary alicyclic amines) is 1. The molecule has 2 fully saturated rings. The van der Waals surface area contributed by atoms with Crippen LogP contribution in [0.4, 0.5) is 0 Å². The lowest BCUT2D eigenvalue weighted by molar-refractivity contribution is 0.0170. The number of likely N-dealkylation sites (N-methyl/N-ethyl adjacent to an activating group) is 1. The monoisotopic (exact) mass is 324 g/mol. The maximum Gasteiger partial charge on any atom is 0.188 e. The van der Waals surface area contributed by atoms with E-state index < -0.39 is 0 Å². The number of hydrogen-bond donors (Lipinski definition) is 2. The van der Waals surface area contributed by atoms with E-state index in [0.29, 0.717) is 18.1 Å². The summed E-state index contributed by atoms with van der Waals surface area (Å²) >= 11 is 0. The molecular weight excluding hydrogens is 288 g/mol. The highest BCUT2D eigenvalue weighted by Crippen LogP contribution is 2.30. The normalized spacial score (nSPS) is 25.1. The fourth-order valence-electron chi connectivity index (χ4n) is 4.12. The molecule has 2 atom stereocenters. The zero-order valence-corrected chi connectivity index (χ0v) is 15.1. The van der Waals surface area contributed by atoms with Gasteiger partial charge in [-0.1, -0.05) is 19.8 Å². The second kappa shape index (κ2) is 10.1. The van der Waals surface area contributed by atoms with Crippen molar-refractivity contribution in [3.63, 3.8) is 0 Å². The minimum absolute atomic E-state index is 0.383. The van der Waals surface area contributed by atoms with Crippen LogP contribution in [0.1, 0.15) is 58.8 Å². The number of rotatable bonds is 9. The van der Waals surface area contributed by atoms with E-state index in [1.165, 1.54) is 45.1 Å². The van der Waals surface area contributed by atoms with Gasteiger partial charge in [0.15, 0.2) is 5.96 Å². The third-order valence-corrected chi connectivity index (χ3v) is 5.42. The molecule has 1 saturated heterocycles. The molecule has 1 saturated carbocycles. The Hall–Kier alpha value is -0.810. The van der Waals surface area contributed by atoms with Crippen molar-refractivity contribution in [2.24, 2.45) is 16.6 Å². The molecule has 134 valence electrons. The number of aliphatic imine (C=N–C) groups is 1. The Balaban J connectivity index is 1.68. The summed E-state index contributed by atoms with van der Waals surface area (Å²) < 4.78 is 5.95. The lowest BCUT2D eigenvalue weighted by atomic mass is 9.98. The van der Waals surface area contributed by atoms with Gasteiger partial charge in [-0.05, 0) is 58.0 Å². The van der Waals surface area contributed by atoms with E-state index in [4.69, 9.17) is 10.5 Å². The molecule has 0 aromatic carbocycles. The summed E-state index contributed by atoms with van der Waals surface area (Å²) in [6.45, 7) is 9.13. The van der Waals surface area contributed by atoms with Crippen molar-refractivity contribution in [3.05, 3.63) is 0 Å². The molecule has 1 aliphatic carbocycles. The van der Waals surface area contributed by atoms with Gasteiger partial charge >= 0.3 is 0 Å². The van der Waals surface area contributed by atoms with E-state index in [-0.39, 0.29) is 0 Å². The number of nitrogens with zero attached hydrogens (tertiary/aromatic N) is 2. The average Bonchev–Trinajstić information content (AvgIpc) is 3.23. The summed E-state index contributed by atoms with van der Waals surface area (Å²) in [5.41, 5.74) is 6.03. The Morgan fingerprint density at radius 1 is 1.26 bits per heavy atom. The first-order chi connectivity index (χ1) is 11.2. The van der Waals surface area contributed by atoms with E-state index in [9.17, 15) is 0 Å². The second-order valence-electron chi connectivity index (χ2n) is 6.90. The molecule has 0 spiro atoms. The molecule has 23 heavy (non-hydrogen) atoms. The molecule has 2 unspecified atom stereocenters. The quantitative estimate of drug-likeness (QED) is 0.505. The van der Waals surface area contributed by atoms with Crippen molar-refractivity contribution < 1.29 is 4.74 Å². The fraction of sp³-hybridized carbons (Fsp3) is 0.944. The van der Waals surface area contributed by atoms with Crippen LogP contribution in [0.25, 0.3) is 0 Å². The second-order valence-corrected chi connectivity index (χ2v) is 6.90. The molecule has 0 aromatic rings. The van der Waals surface area contributed by atoms with Crippen LogP contribution in [0.15, 0.2) is 4.99 Å². The predicted octanol–water partition coefficient (Wildman–Crippen LogP) is 2.36. The molecule has 1 aliphatic heterocycles. The van der Waals surface area contributed by atoms with Gasteiger partial charge in [-0.2, -0.15) is 0 Å². The Bertz CT molecular complexity index is 355. The highest BCUT2D eigenvalue weighted by Gasteiger charge is 2.25. The summed E-state index contributed by atoms with van der Waals surface area (Å²) in [4.78, 5) is 7.05. The van der Waals surface area contributed by atoms with Gasteiger partial charge in [0.2, 0.25) is 0 Å². The lowest BCUT2D eigenvalue weighted by Gasteiger charge is -2.23. The molecule has 1 heterocycles. The minimum atomic E-state index is 0.383. The zero-order chi connectivity index (χ0) is 16.5. The number of ether oxygens (including phenoxy) is 1. The van der Waals surface area contributed by atoms with Crippen LogP contribution in [-0.2, 0) is 4.74 Å². The van der Waals surface area contributed by atoms with Crippen LogP contribution < -0.4 is 11.1 Å². The summed E-state index contributed by atoms with van der Waals surface area (Å²) in [5.74, 6) is 1.33. The highest BCUT2D eigenvalue weighted by atomic mass is 16.5. The molecule has 0 amide bonds. The molecule has 0 aromatic heterocycles. The van der Waals surface area contributed by atoms with Gasteiger partial charge in [0.25, 0.3) is 0 Å². The SMILES string of the molecule is CCOC(CCNC(N)=NCC1CCCN1CC)C1CCCC1. The van der Waals surface area contributed by atoms with E-state index in [1.54, 1.807) is 0 Å². The molecule has 2 aliphatic rings. The number of nitrogens with one attached hydrogen (secondary N) is 1. The summed E-state index contributed by atoms with van der Waals surface area (Å²) in [5, 5.41) is 3.28. The average molecular weight is 325 g/mol. The van der Waals surface area contributed by atoms with E-state index >= 15 is 0 Å². The highest BCUT2D eigenvalue weighted by molar-refractivity contribution is 5.77. The number of nitrogens with two attached hydrogens (primary N) is 1. The lowest BCUT2D eigenvalue weighted by Crippen LogP contribution is -2.37. The van der Waals surface area contributed by atoms with Gasteiger partial charge in [0.05, 0.1) is 12.6 Å². The molecule has 3 N–H and O–H groups in total. The smallest absolute Gasteiger partial charge is 0.188 e.